The van der Waals surface area contributed by atoms with Crippen LogP contribution in [0.25, 0.3) is 0 Å². The van der Waals surface area contributed by atoms with Gasteiger partial charge in [0.2, 0.25) is 6.79 Å². The molecule has 2 aromatic rings. The Labute approximate surface area is 103 Å². The molecule has 0 radical (unpaired) electrons. The van der Waals surface area contributed by atoms with Gasteiger partial charge in [-0.05, 0) is 18.2 Å². The topological polar surface area (TPSA) is 89.4 Å². The minimum atomic E-state index is -0.259. The number of fused-ring (bicyclic) bond motifs is 1. The third-order valence-electron chi connectivity index (χ3n) is 2.58. The van der Waals surface area contributed by atoms with E-state index in [0.29, 0.717) is 28.6 Å². The Morgan fingerprint density at radius 2 is 2.11 bits per heavy atom. The van der Waals surface area contributed by atoms with E-state index >= 15 is 0 Å². The first-order valence-corrected chi connectivity index (χ1v) is 5.37. The molecule has 0 saturated heterocycles. The van der Waals surface area contributed by atoms with E-state index in [1.807, 2.05) is 0 Å². The van der Waals surface area contributed by atoms with Crippen molar-refractivity contribution in [1.82, 2.24) is 4.98 Å². The number of benzene rings is 1. The average molecular weight is 245 g/mol. The maximum absolute atomic E-state index is 11.9. The van der Waals surface area contributed by atoms with E-state index < -0.39 is 0 Å². The Kier molecular flexibility index (Phi) is 2.33. The molecule has 0 spiro atoms. The summed E-state index contributed by atoms with van der Waals surface area (Å²) in [5, 5.41) is 2.74. The molecule has 6 heteroatoms. The number of hydrogen-bond acceptors (Lipinski definition) is 4. The van der Waals surface area contributed by atoms with E-state index in [4.69, 9.17) is 15.2 Å². The molecular weight excluding hydrogens is 234 g/mol. The molecule has 1 aliphatic rings. The summed E-state index contributed by atoms with van der Waals surface area (Å²) in [6.07, 6.45) is 1.56. The lowest BCUT2D eigenvalue weighted by Gasteiger charge is -2.04. The number of hydrogen-bond donors (Lipinski definition) is 3. The van der Waals surface area contributed by atoms with E-state index in [-0.39, 0.29) is 12.7 Å². The van der Waals surface area contributed by atoms with Gasteiger partial charge in [0, 0.05) is 23.6 Å². The van der Waals surface area contributed by atoms with E-state index in [0.717, 1.165) is 0 Å². The van der Waals surface area contributed by atoms with Crippen molar-refractivity contribution in [2.24, 2.45) is 0 Å². The van der Waals surface area contributed by atoms with Crippen LogP contribution in [0.4, 0.5) is 11.4 Å². The summed E-state index contributed by atoms with van der Waals surface area (Å²) >= 11 is 0. The summed E-state index contributed by atoms with van der Waals surface area (Å²) in [6.45, 7) is 0.208. The number of anilines is 2. The second-order valence-corrected chi connectivity index (χ2v) is 3.87. The van der Waals surface area contributed by atoms with Crippen LogP contribution in [0.1, 0.15) is 10.5 Å². The van der Waals surface area contributed by atoms with E-state index in [2.05, 4.69) is 10.3 Å². The largest absolute Gasteiger partial charge is 0.454 e. The number of aromatic nitrogens is 1. The summed E-state index contributed by atoms with van der Waals surface area (Å²) < 4.78 is 10.4. The number of ether oxygens (including phenoxy) is 2. The van der Waals surface area contributed by atoms with Gasteiger partial charge in [-0.15, -0.1) is 0 Å². The van der Waals surface area contributed by atoms with Crippen LogP contribution in [0, 0.1) is 0 Å². The summed E-state index contributed by atoms with van der Waals surface area (Å²) in [6, 6.07) is 6.79. The lowest BCUT2D eigenvalue weighted by molar-refractivity contribution is 0.102. The molecule has 0 atom stereocenters. The molecule has 3 rings (SSSR count). The van der Waals surface area contributed by atoms with Gasteiger partial charge in [0.1, 0.15) is 5.69 Å². The molecule has 0 bridgehead atoms. The van der Waals surface area contributed by atoms with Crippen LogP contribution >= 0.6 is 0 Å². The van der Waals surface area contributed by atoms with Gasteiger partial charge in [-0.3, -0.25) is 4.79 Å². The summed E-state index contributed by atoms with van der Waals surface area (Å²) in [5.41, 5.74) is 7.10. The number of nitrogens with one attached hydrogen (secondary N) is 2. The molecule has 1 aliphatic heterocycles. The standard InChI is InChI=1S/C12H11N3O3/c13-7-3-9(14-5-7)12(16)15-8-1-2-10-11(4-8)18-6-17-10/h1-5,14H,6,13H2,(H,15,16). The maximum Gasteiger partial charge on any atom is 0.272 e. The Hall–Kier alpha value is -2.63. The zero-order valence-corrected chi connectivity index (χ0v) is 9.40. The van der Waals surface area contributed by atoms with Gasteiger partial charge in [0.25, 0.3) is 5.91 Å². The Balaban J connectivity index is 1.78. The summed E-state index contributed by atoms with van der Waals surface area (Å²) in [4.78, 5) is 14.6. The first-order chi connectivity index (χ1) is 8.72. The molecule has 0 saturated carbocycles. The number of H-pyrrole nitrogens is 1. The zero-order valence-electron chi connectivity index (χ0n) is 9.40. The van der Waals surface area contributed by atoms with Crippen molar-refractivity contribution >= 4 is 17.3 Å². The van der Waals surface area contributed by atoms with Crippen molar-refractivity contribution < 1.29 is 14.3 Å². The number of carbonyl (C=O) groups is 1. The maximum atomic E-state index is 11.9. The molecule has 0 unspecified atom stereocenters. The number of carbonyl (C=O) groups excluding carboxylic acids is 1. The number of amides is 1. The van der Waals surface area contributed by atoms with Crippen molar-refractivity contribution in [2.45, 2.75) is 0 Å². The highest BCUT2D eigenvalue weighted by Crippen LogP contribution is 2.34. The number of nitrogen functional groups attached to an aromatic ring is 1. The normalized spacial score (nSPS) is 12.4. The molecule has 18 heavy (non-hydrogen) atoms. The molecule has 4 N–H and O–H groups in total. The summed E-state index contributed by atoms with van der Waals surface area (Å²) in [5.74, 6) is 1.04. The second-order valence-electron chi connectivity index (χ2n) is 3.87. The van der Waals surface area contributed by atoms with Crippen molar-refractivity contribution in [3.63, 3.8) is 0 Å². The van der Waals surface area contributed by atoms with Crippen LogP contribution in [-0.2, 0) is 0 Å². The Bertz CT molecular complexity index is 606. The van der Waals surface area contributed by atoms with Crippen LogP contribution in [0.3, 0.4) is 0 Å². The van der Waals surface area contributed by atoms with Crippen LogP contribution in [0.2, 0.25) is 0 Å². The fraction of sp³-hybridized carbons (Fsp3) is 0.0833. The van der Waals surface area contributed by atoms with Crippen molar-refractivity contribution in [3.8, 4) is 11.5 Å². The zero-order chi connectivity index (χ0) is 12.5. The molecule has 1 aromatic carbocycles. The van der Waals surface area contributed by atoms with Crippen molar-refractivity contribution in [2.75, 3.05) is 17.8 Å². The smallest absolute Gasteiger partial charge is 0.272 e. The summed E-state index contributed by atoms with van der Waals surface area (Å²) in [7, 11) is 0. The molecular formula is C12H11N3O3. The highest BCUT2D eigenvalue weighted by Gasteiger charge is 2.15. The highest BCUT2D eigenvalue weighted by molar-refractivity contribution is 6.03. The minimum absolute atomic E-state index is 0.208. The molecule has 1 aromatic heterocycles. The predicted octanol–water partition coefficient (Wildman–Crippen LogP) is 1.58. The fourth-order valence-electron chi connectivity index (χ4n) is 1.71. The second kappa shape index (κ2) is 3.99. The molecule has 0 fully saturated rings. The third kappa shape index (κ3) is 1.84. The SMILES string of the molecule is Nc1c[nH]c(C(=O)Nc2ccc3c(c2)OCO3)c1. The van der Waals surface area contributed by atoms with E-state index in [1.54, 1.807) is 30.5 Å². The molecule has 92 valence electrons. The van der Waals surface area contributed by atoms with Gasteiger partial charge in [-0.2, -0.15) is 0 Å². The van der Waals surface area contributed by atoms with Crippen LogP contribution < -0.4 is 20.5 Å². The van der Waals surface area contributed by atoms with E-state index in [9.17, 15) is 4.79 Å². The number of aromatic amines is 1. The van der Waals surface area contributed by atoms with Gasteiger partial charge in [0.05, 0.1) is 0 Å². The van der Waals surface area contributed by atoms with Gasteiger partial charge in [-0.25, -0.2) is 0 Å². The van der Waals surface area contributed by atoms with Crippen molar-refractivity contribution in [1.29, 1.82) is 0 Å². The monoisotopic (exact) mass is 245 g/mol. The molecule has 0 aliphatic carbocycles. The van der Waals surface area contributed by atoms with Gasteiger partial charge >= 0.3 is 0 Å². The van der Waals surface area contributed by atoms with Crippen LogP contribution in [0.5, 0.6) is 11.5 Å². The quantitative estimate of drug-likeness (QED) is 0.749. The highest BCUT2D eigenvalue weighted by atomic mass is 16.7. The van der Waals surface area contributed by atoms with Crippen molar-refractivity contribution in [3.05, 3.63) is 36.2 Å². The Morgan fingerprint density at radius 1 is 1.28 bits per heavy atom. The lowest BCUT2D eigenvalue weighted by Crippen LogP contribution is -2.12. The fourth-order valence-corrected chi connectivity index (χ4v) is 1.71. The molecule has 2 heterocycles. The molecule has 6 nitrogen and oxygen atoms in total. The first kappa shape index (κ1) is 10.5. The average Bonchev–Trinajstić information content (AvgIpc) is 2.96. The number of nitrogens with two attached hydrogens (primary N) is 1. The minimum Gasteiger partial charge on any atom is -0.454 e. The Morgan fingerprint density at radius 3 is 2.89 bits per heavy atom. The first-order valence-electron chi connectivity index (χ1n) is 5.37. The third-order valence-corrected chi connectivity index (χ3v) is 2.58. The van der Waals surface area contributed by atoms with E-state index in [1.165, 1.54) is 0 Å². The van der Waals surface area contributed by atoms with Gasteiger partial charge in [-0.1, -0.05) is 0 Å². The van der Waals surface area contributed by atoms with Crippen LogP contribution in [-0.4, -0.2) is 17.7 Å². The number of rotatable bonds is 2. The van der Waals surface area contributed by atoms with Gasteiger partial charge in [0.15, 0.2) is 11.5 Å². The van der Waals surface area contributed by atoms with Gasteiger partial charge < -0.3 is 25.5 Å². The van der Waals surface area contributed by atoms with Crippen LogP contribution in [0.15, 0.2) is 30.5 Å². The lowest BCUT2D eigenvalue weighted by atomic mass is 10.2. The molecule has 1 amide bonds. The predicted molar refractivity (Wildman–Crippen MR) is 65.7 cm³/mol.